The highest BCUT2D eigenvalue weighted by Gasteiger charge is 2.16. The number of unbranched alkanes of at least 4 members (excludes halogenated alkanes) is 1. The maximum Gasteiger partial charge on any atom is 0.336 e. The summed E-state index contributed by atoms with van der Waals surface area (Å²) in [6.45, 7) is 4.38. The lowest BCUT2D eigenvalue weighted by Gasteiger charge is -2.11. The van der Waals surface area contributed by atoms with Crippen LogP contribution in [0.5, 0.6) is 5.75 Å². The van der Waals surface area contributed by atoms with Crippen molar-refractivity contribution in [3.63, 3.8) is 0 Å². The Kier molecular flexibility index (Phi) is 7.32. The Labute approximate surface area is 201 Å². The van der Waals surface area contributed by atoms with Crippen LogP contribution in [0.4, 0.5) is 5.69 Å². The molecule has 34 heavy (non-hydrogen) atoms. The maximum absolute atomic E-state index is 12.2. The molecule has 1 N–H and O–H groups in total. The van der Waals surface area contributed by atoms with E-state index in [9.17, 15) is 9.59 Å². The topological polar surface area (TPSA) is 99.3 Å². The molecule has 0 saturated heterocycles. The molecule has 0 spiro atoms. The van der Waals surface area contributed by atoms with Crippen molar-refractivity contribution in [3.05, 3.63) is 64.5 Å². The first-order valence-electron chi connectivity index (χ1n) is 11.0. The molecule has 8 nitrogen and oxygen atoms in total. The zero-order valence-corrected chi connectivity index (χ0v) is 20.1. The minimum atomic E-state index is -0.436. The van der Waals surface area contributed by atoms with Crippen LogP contribution in [-0.4, -0.2) is 27.8 Å². The molecule has 0 aliphatic carbocycles. The predicted molar refractivity (Wildman–Crippen MR) is 133 cm³/mol. The number of benzene rings is 2. The number of methoxy groups -OCH3 is 1. The smallest absolute Gasteiger partial charge is 0.336 e. The number of nitrogens with zero attached hydrogens (tertiary/aromatic N) is 3. The molecule has 176 valence electrons. The molecule has 2 aromatic carbocycles. The SMILES string of the molecule is CCCCn1c(SCc2cc(=O)oc3cc(NC(C)=O)ccc23)nnc1-c1ccc(OC)cc1. The van der Waals surface area contributed by atoms with E-state index in [0.29, 0.717) is 17.0 Å². The number of carbonyl (C=O) groups excluding carboxylic acids is 1. The van der Waals surface area contributed by atoms with Gasteiger partial charge in [-0.25, -0.2) is 4.79 Å². The average Bonchev–Trinajstić information content (AvgIpc) is 3.23. The molecule has 0 atom stereocenters. The molecular weight excluding hydrogens is 452 g/mol. The van der Waals surface area contributed by atoms with Crippen molar-refractivity contribution in [1.29, 1.82) is 0 Å². The fourth-order valence-electron chi connectivity index (χ4n) is 3.64. The average molecular weight is 479 g/mol. The van der Waals surface area contributed by atoms with Gasteiger partial charge in [-0.05, 0) is 48.4 Å². The minimum absolute atomic E-state index is 0.188. The molecule has 0 saturated carbocycles. The van der Waals surface area contributed by atoms with Gasteiger partial charge >= 0.3 is 5.63 Å². The fraction of sp³-hybridized carbons (Fsp3) is 0.280. The second-order valence-corrected chi connectivity index (χ2v) is 8.75. The third-order valence-corrected chi connectivity index (χ3v) is 6.32. The Hall–Kier alpha value is -3.59. The van der Waals surface area contributed by atoms with Gasteiger partial charge in [0.05, 0.1) is 7.11 Å². The van der Waals surface area contributed by atoms with E-state index in [0.717, 1.165) is 52.6 Å². The monoisotopic (exact) mass is 478 g/mol. The zero-order chi connectivity index (χ0) is 24.1. The number of amides is 1. The second-order valence-electron chi connectivity index (χ2n) is 7.81. The number of anilines is 1. The number of rotatable bonds is 9. The van der Waals surface area contributed by atoms with Gasteiger partial charge in [0.2, 0.25) is 5.91 Å². The molecule has 0 unspecified atom stereocenters. The van der Waals surface area contributed by atoms with E-state index in [1.807, 2.05) is 30.3 Å². The zero-order valence-electron chi connectivity index (χ0n) is 19.3. The summed E-state index contributed by atoms with van der Waals surface area (Å²) in [4.78, 5) is 23.5. The van der Waals surface area contributed by atoms with Crippen molar-refractivity contribution in [2.45, 2.75) is 44.1 Å². The van der Waals surface area contributed by atoms with E-state index in [1.54, 1.807) is 19.2 Å². The number of ether oxygens (including phenoxy) is 1. The van der Waals surface area contributed by atoms with E-state index in [4.69, 9.17) is 9.15 Å². The van der Waals surface area contributed by atoms with E-state index in [2.05, 4.69) is 27.0 Å². The molecule has 0 bridgehead atoms. The maximum atomic E-state index is 12.2. The molecular formula is C25H26N4O4S. The molecule has 1 amide bonds. The van der Waals surface area contributed by atoms with E-state index in [-0.39, 0.29) is 5.91 Å². The van der Waals surface area contributed by atoms with Crippen LogP contribution in [0.1, 0.15) is 32.3 Å². The number of hydrogen-bond donors (Lipinski definition) is 1. The molecule has 4 aromatic rings. The lowest BCUT2D eigenvalue weighted by Crippen LogP contribution is -2.06. The minimum Gasteiger partial charge on any atom is -0.497 e. The second kappa shape index (κ2) is 10.6. The molecule has 0 aliphatic heterocycles. The molecule has 0 aliphatic rings. The van der Waals surface area contributed by atoms with E-state index < -0.39 is 5.63 Å². The molecule has 2 heterocycles. The summed E-state index contributed by atoms with van der Waals surface area (Å²) in [5.41, 5.74) is 2.38. The normalized spacial score (nSPS) is 11.0. The summed E-state index contributed by atoms with van der Waals surface area (Å²) < 4.78 is 12.8. The van der Waals surface area contributed by atoms with Gasteiger partial charge in [0, 0.05) is 48.0 Å². The number of carbonyl (C=O) groups is 1. The Balaban J connectivity index is 1.63. The van der Waals surface area contributed by atoms with Crippen molar-refractivity contribution in [3.8, 4) is 17.1 Å². The van der Waals surface area contributed by atoms with E-state index in [1.165, 1.54) is 24.8 Å². The van der Waals surface area contributed by atoms with Gasteiger partial charge in [-0.15, -0.1) is 10.2 Å². The fourth-order valence-corrected chi connectivity index (χ4v) is 4.60. The number of fused-ring (bicyclic) bond motifs is 1. The lowest BCUT2D eigenvalue weighted by atomic mass is 10.1. The van der Waals surface area contributed by atoms with Crippen molar-refractivity contribution in [2.24, 2.45) is 0 Å². The number of thioether (sulfide) groups is 1. The quantitative estimate of drug-likeness (QED) is 0.264. The molecule has 4 rings (SSSR count). The highest BCUT2D eigenvalue weighted by Crippen LogP contribution is 2.30. The van der Waals surface area contributed by atoms with Crippen LogP contribution in [0, 0.1) is 0 Å². The van der Waals surface area contributed by atoms with Crippen molar-refractivity contribution in [1.82, 2.24) is 14.8 Å². The highest BCUT2D eigenvalue weighted by molar-refractivity contribution is 7.98. The van der Waals surface area contributed by atoms with Gasteiger partial charge in [0.15, 0.2) is 11.0 Å². The van der Waals surface area contributed by atoms with Crippen molar-refractivity contribution in [2.75, 3.05) is 12.4 Å². The van der Waals surface area contributed by atoms with Crippen LogP contribution in [0.2, 0.25) is 0 Å². The Morgan fingerprint density at radius 3 is 2.65 bits per heavy atom. The summed E-state index contributed by atoms with van der Waals surface area (Å²) in [7, 11) is 1.64. The summed E-state index contributed by atoms with van der Waals surface area (Å²) in [6.07, 6.45) is 2.05. The summed E-state index contributed by atoms with van der Waals surface area (Å²) in [6, 6.07) is 14.6. The van der Waals surface area contributed by atoms with Gasteiger partial charge in [-0.3, -0.25) is 4.79 Å². The Morgan fingerprint density at radius 1 is 1.15 bits per heavy atom. The summed E-state index contributed by atoms with van der Waals surface area (Å²) in [5, 5.41) is 13.2. The number of nitrogens with one attached hydrogen (secondary N) is 1. The van der Waals surface area contributed by atoms with Crippen LogP contribution in [-0.2, 0) is 17.1 Å². The molecule has 9 heteroatoms. The van der Waals surface area contributed by atoms with Crippen molar-refractivity contribution >= 4 is 34.3 Å². The summed E-state index contributed by atoms with van der Waals surface area (Å²) in [5.74, 6) is 1.92. The number of hydrogen-bond acceptors (Lipinski definition) is 7. The van der Waals surface area contributed by atoms with Crippen LogP contribution in [0.15, 0.2) is 62.9 Å². The van der Waals surface area contributed by atoms with Crippen LogP contribution < -0.4 is 15.7 Å². The van der Waals surface area contributed by atoms with Crippen LogP contribution in [0.3, 0.4) is 0 Å². The standard InChI is InChI=1S/C25H26N4O4S/c1-4-5-12-29-24(17-6-9-20(32-3)10-7-17)27-28-25(29)34-15-18-13-23(31)33-22-14-19(26-16(2)30)8-11-21(18)22/h6-11,13-14H,4-5,12,15H2,1-3H3,(H,26,30). The molecule has 2 aromatic heterocycles. The number of aromatic nitrogens is 3. The predicted octanol–water partition coefficient (Wildman–Crippen LogP) is 5.11. The molecule has 0 fully saturated rings. The van der Waals surface area contributed by atoms with E-state index >= 15 is 0 Å². The molecule has 0 radical (unpaired) electrons. The van der Waals surface area contributed by atoms with Gasteiger partial charge in [-0.2, -0.15) is 0 Å². The van der Waals surface area contributed by atoms with Gasteiger partial charge in [0.1, 0.15) is 11.3 Å². The lowest BCUT2D eigenvalue weighted by molar-refractivity contribution is -0.114. The summed E-state index contributed by atoms with van der Waals surface area (Å²) >= 11 is 1.53. The van der Waals surface area contributed by atoms with Gasteiger partial charge in [0.25, 0.3) is 0 Å². The van der Waals surface area contributed by atoms with Gasteiger partial charge < -0.3 is 19.0 Å². The third kappa shape index (κ3) is 5.31. The Morgan fingerprint density at radius 2 is 1.94 bits per heavy atom. The van der Waals surface area contributed by atoms with Gasteiger partial charge in [-0.1, -0.05) is 25.1 Å². The van der Waals surface area contributed by atoms with Crippen molar-refractivity contribution < 1.29 is 13.9 Å². The largest absolute Gasteiger partial charge is 0.497 e. The Bertz CT molecular complexity index is 1360. The highest BCUT2D eigenvalue weighted by atomic mass is 32.2. The van der Waals surface area contributed by atoms with Crippen LogP contribution >= 0.6 is 11.8 Å². The van der Waals surface area contributed by atoms with Crippen LogP contribution in [0.25, 0.3) is 22.4 Å². The third-order valence-electron chi connectivity index (χ3n) is 5.31. The first kappa shape index (κ1) is 23.6. The first-order chi connectivity index (χ1) is 16.5. The first-order valence-corrected chi connectivity index (χ1v) is 12.0.